The predicted octanol–water partition coefficient (Wildman–Crippen LogP) is 3.26. The number of nitrogens with one attached hydrogen (secondary N) is 1. The largest absolute Gasteiger partial charge is 0.493 e. The zero-order valence-corrected chi connectivity index (χ0v) is 21.8. The molecule has 0 spiro atoms. The zero-order valence-electron chi connectivity index (χ0n) is 20.2. The Kier molecular flexibility index (Phi) is 8.30. The summed E-state index contributed by atoms with van der Waals surface area (Å²) >= 11 is 6.36. The fourth-order valence-corrected chi connectivity index (χ4v) is 4.49. The number of carbonyl (C=O) groups is 2. The van der Waals surface area contributed by atoms with Crippen LogP contribution in [0.15, 0.2) is 36.4 Å². The lowest BCUT2D eigenvalue weighted by atomic mass is 9.94. The van der Waals surface area contributed by atoms with E-state index in [4.69, 9.17) is 25.8 Å². The number of anilines is 1. The molecule has 0 aromatic heterocycles. The van der Waals surface area contributed by atoms with E-state index >= 15 is 0 Å². The van der Waals surface area contributed by atoms with E-state index in [2.05, 4.69) is 0 Å². The highest BCUT2D eigenvalue weighted by atomic mass is 35.5. The van der Waals surface area contributed by atoms with E-state index in [1.54, 1.807) is 41.3 Å². The Morgan fingerprint density at radius 3 is 2.46 bits per heavy atom. The maximum absolute atomic E-state index is 13.7. The van der Waals surface area contributed by atoms with E-state index in [0.29, 0.717) is 39.9 Å². The Labute approximate surface area is 211 Å². The summed E-state index contributed by atoms with van der Waals surface area (Å²) in [6.45, 7) is 6.26. The summed E-state index contributed by atoms with van der Waals surface area (Å²) < 4.78 is 41.2. The van der Waals surface area contributed by atoms with E-state index < -0.39 is 41.3 Å². The Hall–Kier alpha value is -2.82. The van der Waals surface area contributed by atoms with Gasteiger partial charge in [-0.2, -0.15) is 0 Å². The summed E-state index contributed by atoms with van der Waals surface area (Å²) in [4.78, 5) is 27.6. The highest BCUT2D eigenvalue weighted by Crippen LogP contribution is 2.45. The number of ether oxygens (including phenoxy) is 3. The van der Waals surface area contributed by atoms with Crippen LogP contribution in [0.2, 0.25) is 5.02 Å². The minimum absolute atomic E-state index is 0.300. The lowest BCUT2D eigenvalue weighted by molar-refractivity contribution is -0.137. The van der Waals surface area contributed by atoms with Crippen LogP contribution in [0.5, 0.6) is 11.5 Å². The molecular weight excluding hydrogens is 496 g/mol. The van der Waals surface area contributed by atoms with Crippen molar-refractivity contribution in [3.63, 3.8) is 0 Å². The average molecular weight is 525 g/mol. The lowest BCUT2D eigenvalue weighted by Gasteiger charge is -2.31. The summed E-state index contributed by atoms with van der Waals surface area (Å²) in [5.41, 5.74) is 1.42. The molecule has 2 aromatic carbocycles. The van der Waals surface area contributed by atoms with Crippen LogP contribution >= 0.6 is 11.6 Å². The molecule has 9 nitrogen and oxygen atoms in total. The van der Waals surface area contributed by atoms with Crippen LogP contribution in [-0.4, -0.2) is 47.1 Å². The topological polar surface area (TPSA) is 111 Å². The van der Waals surface area contributed by atoms with Gasteiger partial charge in [0.2, 0.25) is 16.8 Å². The van der Waals surface area contributed by atoms with E-state index in [9.17, 15) is 18.0 Å². The Balaban J connectivity index is 2.23. The first-order valence-corrected chi connectivity index (χ1v) is 12.4. The highest BCUT2D eigenvalue weighted by molar-refractivity contribution is 7.71. The fraction of sp³-hybridized carbons (Fsp3) is 0.417. The van der Waals surface area contributed by atoms with Gasteiger partial charge in [-0.1, -0.05) is 44.5 Å². The molecule has 1 aliphatic heterocycles. The monoisotopic (exact) mass is 524 g/mol. The molecule has 0 aliphatic carbocycles. The summed E-state index contributed by atoms with van der Waals surface area (Å²) in [5.74, 6) is -0.468. The third-order valence-electron chi connectivity index (χ3n) is 5.34. The number of amides is 2. The third-order valence-corrected chi connectivity index (χ3v) is 6.01. The SMILES string of the molecule is COc1cccc([C@H]2O[C@H](CC(=O)N[SH](=O)=O)C(=O)N(CC(C)(C)C)c3ccc(Cl)cc32)c1OC. The van der Waals surface area contributed by atoms with Crippen molar-refractivity contribution in [3.8, 4) is 11.5 Å². The number of para-hydroxylation sites is 1. The molecule has 3 rings (SSSR count). The van der Waals surface area contributed by atoms with Crippen molar-refractivity contribution in [1.29, 1.82) is 0 Å². The lowest BCUT2D eigenvalue weighted by Crippen LogP contribution is -2.45. The van der Waals surface area contributed by atoms with Crippen LogP contribution in [0.25, 0.3) is 0 Å². The highest BCUT2D eigenvalue weighted by Gasteiger charge is 2.40. The second-order valence-corrected chi connectivity index (χ2v) is 10.4. The predicted molar refractivity (Wildman–Crippen MR) is 133 cm³/mol. The number of halogens is 1. The van der Waals surface area contributed by atoms with Crippen LogP contribution < -0.4 is 19.1 Å². The van der Waals surface area contributed by atoms with Crippen molar-refractivity contribution in [2.75, 3.05) is 25.7 Å². The number of methoxy groups -OCH3 is 2. The zero-order chi connectivity index (χ0) is 25.9. The molecular formula is C24H29ClN2O7S. The van der Waals surface area contributed by atoms with Crippen molar-refractivity contribution < 1.29 is 32.2 Å². The van der Waals surface area contributed by atoms with Gasteiger partial charge in [0.05, 0.1) is 20.6 Å². The molecule has 0 saturated heterocycles. The fourth-order valence-electron chi connectivity index (χ4n) is 4.02. The standard InChI is InChI=1S/C24H29ClN2O7S/c1-24(2,3)13-27-17-10-9-14(25)11-16(17)21(15-7-6-8-18(32-4)22(15)33-5)34-19(23(27)29)12-20(28)26-35(30)31/h6-11,19,21,35H,12-13H2,1-5H3,(H,26,28,30,31)/t19-,21-/m1/s1. The molecule has 2 amide bonds. The van der Waals surface area contributed by atoms with E-state index in [-0.39, 0.29) is 5.41 Å². The number of rotatable bonds is 7. The molecule has 190 valence electrons. The summed E-state index contributed by atoms with van der Waals surface area (Å²) in [5, 5.41) is 0.432. The molecule has 0 unspecified atom stereocenters. The second kappa shape index (κ2) is 10.8. The molecule has 2 aromatic rings. The maximum Gasteiger partial charge on any atom is 0.256 e. The van der Waals surface area contributed by atoms with Gasteiger partial charge in [-0.3, -0.25) is 14.3 Å². The van der Waals surface area contributed by atoms with Crippen molar-refractivity contribution >= 4 is 40.0 Å². The number of fused-ring (bicyclic) bond motifs is 1. The number of nitrogens with zero attached hydrogens (tertiary/aromatic N) is 1. The van der Waals surface area contributed by atoms with Gasteiger partial charge in [0.15, 0.2) is 11.5 Å². The molecule has 0 saturated carbocycles. The number of carbonyl (C=O) groups excluding carboxylic acids is 2. The first-order valence-electron chi connectivity index (χ1n) is 10.9. The normalized spacial score (nSPS) is 18.1. The van der Waals surface area contributed by atoms with Gasteiger partial charge in [0, 0.05) is 28.4 Å². The van der Waals surface area contributed by atoms with Crippen molar-refractivity contribution in [2.45, 2.75) is 39.4 Å². The van der Waals surface area contributed by atoms with E-state index in [0.717, 1.165) is 0 Å². The number of benzene rings is 2. The minimum Gasteiger partial charge on any atom is -0.493 e. The Morgan fingerprint density at radius 1 is 1.14 bits per heavy atom. The molecule has 0 fully saturated rings. The van der Waals surface area contributed by atoms with Gasteiger partial charge in [-0.25, -0.2) is 8.42 Å². The molecule has 2 atom stereocenters. The van der Waals surface area contributed by atoms with Gasteiger partial charge in [0.1, 0.15) is 12.2 Å². The molecule has 1 heterocycles. The van der Waals surface area contributed by atoms with Crippen LogP contribution in [0.4, 0.5) is 5.69 Å². The van der Waals surface area contributed by atoms with E-state index in [1.165, 1.54) is 14.2 Å². The van der Waals surface area contributed by atoms with E-state index in [1.807, 2.05) is 25.5 Å². The van der Waals surface area contributed by atoms with Crippen LogP contribution in [0, 0.1) is 5.41 Å². The molecule has 0 bridgehead atoms. The molecule has 1 N–H and O–H groups in total. The molecule has 35 heavy (non-hydrogen) atoms. The van der Waals surface area contributed by atoms with Gasteiger partial charge < -0.3 is 19.1 Å². The minimum atomic E-state index is -3.18. The number of thiol groups is 1. The van der Waals surface area contributed by atoms with Gasteiger partial charge in [-0.05, 0) is 29.7 Å². The third kappa shape index (κ3) is 6.25. The smallest absolute Gasteiger partial charge is 0.256 e. The Morgan fingerprint density at radius 2 is 1.86 bits per heavy atom. The quantitative estimate of drug-likeness (QED) is 0.535. The first-order chi connectivity index (χ1) is 16.4. The first kappa shape index (κ1) is 26.8. The second-order valence-electron chi connectivity index (χ2n) is 9.27. The van der Waals surface area contributed by atoms with Gasteiger partial charge in [-0.15, -0.1) is 0 Å². The maximum atomic E-state index is 13.7. The molecule has 11 heteroatoms. The number of hydrogen-bond donors (Lipinski definition) is 2. The average Bonchev–Trinajstić information content (AvgIpc) is 2.87. The summed E-state index contributed by atoms with van der Waals surface area (Å²) in [7, 11) is -0.179. The number of hydrogen-bond acceptors (Lipinski definition) is 7. The van der Waals surface area contributed by atoms with Gasteiger partial charge >= 0.3 is 0 Å². The molecule has 1 aliphatic rings. The van der Waals surface area contributed by atoms with Gasteiger partial charge in [0.25, 0.3) is 5.91 Å². The summed E-state index contributed by atoms with van der Waals surface area (Å²) in [6.07, 6.45) is -2.64. The van der Waals surface area contributed by atoms with Crippen molar-refractivity contribution in [3.05, 3.63) is 52.5 Å². The van der Waals surface area contributed by atoms with Crippen molar-refractivity contribution in [1.82, 2.24) is 4.72 Å². The summed E-state index contributed by atoms with van der Waals surface area (Å²) in [6, 6.07) is 10.4. The Bertz CT molecular complexity index is 1180. The van der Waals surface area contributed by atoms with Crippen LogP contribution in [0.3, 0.4) is 0 Å². The van der Waals surface area contributed by atoms with Crippen LogP contribution in [-0.2, 0) is 25.2 Å². The molecule has 0 radical (unpaired) electrons. The van der Waals surface area contributed by atoms with Crippen LogP contribution in [0.1, 0.15) is 44.4 Å². The van der Waals surface area contributed by atoms with Crippen molar-refractivity contribution in [2.24, 2.45) is 5.41 Å².